The van der Waals surface area contributed by atoms with Crippen molar-refractivity contribution < 1.29 is 9.15 Å². The van der Waals surface area contributed by atoms with Gasteiger partial charge in [-0.05, 0) is 24.3 Å². The second-order valence-corrected chi connectivity index (χ2v) is 5.28. The normalized spacial score (nSPS) is 10.8. The Balaban J connectivity index is 2.33. The summed E-state index contributed by atoms with van der Waals surface area (Å²) in [5.41, 5.74) is 0.793. The van der Waals surface area contributed by atoms with Gasteiger partial charge in [-0.1, -0.05) is 35.3 Å². The van der Waals surface area contributed by atoms with Crippen molar-refractivity contribution in [2.45, 2.75) is 0 Å². The number of methoxy groups -OCH3 is 1. The lowest BCUT2D eigenvalue weighted by molar-refractivity contribution is 0.415. The lowest BCUT2D eigenvalue weighted by Gasteiger charge is -2.08. The minimum Gasteiger partial charge on any atom is -0.496 e. The van der Waals surface area contributed by atoms with Gasteiger partial charge < -0.3 is 9.15 Å². The Morgan fingerprint density at radius 1 is 1.10 bits per heavy atom. The molecule has 0 bridgehead atoms. The average molecular weight is 321 g/mol. The summed E-state index contributed by atoms with van der Waals surface area (Å²) in [5.74, 6) is 1.01. The average Bonchev–Trinajstić information content (AvgIpc) is 2.48. The summed E-state index contributed by atoms with van der Waals surface area (Å²) in [4.78, 5) is 12.3. The van der Waals surface area contributed by atoms with Gasteiger partial charge in [-0.15, -0.1) is 0 Å². The minimum atomic E-state index is -0.207. The second kappa shape index (κ2) is 5.43. The van der Waals surface area contributed by atoms with E-state index in [9.17, 15) is 4.79 Å². The van der Waals surface area contributed by atoms with Gasteiger partial charge in [-0.25, -0.2) is 0 Å². The number of hydrogen-bond acceptors (Lipinski definition) is 3. The van der Waals surface area contributed by atoms with Crippen molar-refractivity contribution in [2.75, 3.05) is 7.11 Å². The van der Waals surface area contributed by atoms with E-state index in [1.165, 1.54) is 6.07 Å². The lowest BCUT2D eigenvalue weighted by Crippen LogP contribution is -2.01. The maximum absolute atomic E-state index is 12.3. The predicted molar refractivity (Wildman–Crippen MR) is 84.5 cm³/mol. The molecule has 3 rings (SSSR count). The van der Waals surface area contributed by atoms with E-state index in [2.05, 4.69) is 0 Å². The van der Waals surface area contributed by atoms with Gasteiger partial charge in [-0.3, -0.25) is 4.79 Å². The van der Waals surface area contributed by atoms with Crippen LogP contribution in [0, 0.1) is 0 Å². The fourth-order valence-corrected chi connectivity index (χ4v) is 2.70. The molecule has 0 aliphatic rings. The van der Waals surface area contributed by atoms with Gasteiger partial charge in [0.05, 0.1) is 23.1 Å². The molecule has 0 saturated heterocycles. The molecule has 0 fully saturated rings. The van der Waals surface area contributed by atoms with Crippen molar-refractivity contribution in [1.29, 1.82) is 0 Å². The molecule has 0 atom stereocenters. The highest BCUT2D eigenvalue weighted by molar-refractivity contribution is 6.38. The molecule has 3 nitrogen and oxygen atoms in total. The largest absolute Gasteiger partial charge is 0.496 e. The van der Waals surface area contributed by atoms with Crippen molar-refractivity contribution >= 4 is 34.2 Å². The Morgan fingerprint density at radius 3 is 2.62 bits per heavy atom. The first-order chi connectivity index (χ1) is 10.1. The SMILES string of the molecule is COc1ccccc1-c1cc(=O)c2cc(Cl)cc(Cl)c2o1. The Kier molecular flexibility index (Phi) is 3.62. The predicted octanol–water partition coefficient (Wildman–Crippen LogP) is 4.78. The molecule has 106 valence electrons. The Morgan fingerprint density at radius 2 is 1.86 bits per heavy atom. The van der Waals surface area contributed by atoms with Gasteiger partial charge >= 0.3 is 0 Å². The zero-order valence-corrected chi connectivity index (χ0v) is 12.5. The summed E-state index contributed by atoms with van der Waals surface area (Å²) in [6.07, 6.45) is 0. The van der Waals surface area contributed by atoms with E-state index in [0.717, 1.165) is 0 Å². The van der Waals surface area contributed by atoms with Crippen LogP contribution >= 0.6 is 23.2 Å². The van der Waals surface area contributed by atoms with Crippen LogP contribution in [0.25, 0.3) is 22.3 Å². The van der Waals surface area contributed by atoms with Gasteiger partial charge in [0.15, 0.2) is 11.0 Å². The number of benzene rings is 2. The quantitative estimate of drug-likeness (QED) is 0.682. The maximum Gasteiger partial charge on any atom is 0.193 e. The summed E-state index contributed by atoms with van der Waals surface area (Å²) in [5, 5.41) is 1.04. The summed E-state index contributed by atoms with van der Waals surface area (Å²) in [6, 6.07) is 11.8. The first-order valence-corrected chi connectivity index (χ1v) is 6.92. The third-order valence-electron chi connectivity index (χ3n) is 3.12. The van der Waals surface area contributed by atoms with Crippen LogP contribution in [0.2, 0.25) is 10.0 Å². The number of para-hydroxylation sites is 1. The van der Waals surface area contributed by atoms with Crippen LogP contribution in [0.5, 0.6) is 5.75 Å². The first kappa shape index (κ1) is 14.0. The molecule has 0 aliphatic carbocycles. The molecule has 5 heteroatoms. The summed E-state index contributed by atoms with van der Waals surface area (Å²) < 4.78 is 11.1. The van der Waals surface area contributed by atoms with Crippen LogP contribution < -0.4 is 10.2 Å². The smallest absolute Gasteiger partial charge is 0.193 e. The molecule has 0 amide bonds. The number of hydrogen-bond donors (Lipinski definition) is 0. The second-order valence-electron chi connectivity index (χ2n) is 4.44. The Bertz CT molecular complexity index is 884. The highest BCUT2D eigenvalue weighted by Crippen LogP contribution is 2.33. The molecule has 0 spiro atoms. The molecule has 0 unspecified atom stereocenters. The van der Waals surface area contributed by atoms with Crippen LogP contribution in [0.4, 0.5) is 0 Å². The maximum atomic E-state index is 12.3. The van der Waals surface area contributed by atoms with Crippen molar-refractivity contribution in [3.63, 3.8) is 0 Å². The standard InChI is InChI=1S/C16H10Cl2O3/c1-20-14-5-3-2-4-10(14)15-8-13(19)11-6-9(17)7-12(18)16(11)21-15/h2-8H,1H3. The summed E-state index contributed by atoms with van der Waals surface area (Å²) in [6.45, 7) is 0. The third kappa shape index (κ3) is 2.50. The van der Waals surface area contributed by atoms with Crippen molar-refractivity contribution in [2.24, 2.45) is 0 Å². The molecule has 1 aromatic heterocycles. The molecule has 3 aromatic rings. The van der Waals surface area contributed by atoms with E-state index < -0.39 is 0 Å². The third-order valence-corrected chi connectivity index (χ3v) is 3.62. The van der Waals surface area contributed by atoms with Crippen LogP contribution in [-0.2, 0) is 0 Å². The number of rotatable bonds is 2. The molecule has 0 saturated carbocycles. The van der Waals surface area contributed by atoms with Gasteiger partial charge in [0.1, 0.15) is 11.5 Å². The van der Waals surface area contributed by atoms with Crippen LogP contribution in [0.3, 0.4) is 0 Å². The zero-order chi connectivity index (χ0) is 15.0. The molecule has 2 aromatic carbocycles. The fraction of sp³-hybridized carbons (Fsp3) is 0.0625. The van der Waals surface area contributed by atoms with Crippen LogP contribution in [0.15, 0.2) is 51.7 Å². The molecule has 0 aliphatic heterocycles. The lowest BCUT2D eigenvalue weighted by atomic mass is 10.1. The van der Waals surface area contributed by atoms with Gasteiger partial charge in [0.2, 0.25) is 0 Å². The van der Waals surface area contributed by atoms with Gasteiger partial charge in [-0.2, -0.15) is 0 Å². The fourth-order valence-electron chi connectivity index (χ4n) is 2.16. The number of ether oxygens (including phenoxy) is 1. The van der Waals surface area contributed by atoms with Crippen molar-refractivity contribution in [3.05, 3.63) is 62.7 Å². The van der Waals surface area contributed by atoms with Gasteiger partial charge in [0.25, 0.3) is 0 Å². The Hall–Kier alpha value is -1.97. The van der Waals surface area contributed by atoms with Crippen molar-refractivity contribution in [1.82, 2.24) is 0 Å². The van der Waals surface area contributed by atoms with E-state index in [-0.39, 0.29) is 5.43 Å². The van der Waals surface area contributed by atoms with Crippen LogP contribution in [-0.4, -0.2) is 7.11 Å². The molecule has 1 heterocycles. The monoisotopic (exact) mass is 320 g/mol. The number of halogens is 2. The first-order valence-electron chi connectivity index (χ1n) is 6.16. The molecular weight excluding hydrogens is 311 g/mol. The molecule has 0 radical (unpaired) electrons. The highest BCUT2D eigenvalue weighted by atomic mass is 35.5. The topological polar surface area (TPSA) is 39.4 Å². The molecule has 21 heavy (non-hydrogen) atoms. The summed E-state index contributed by atoms with van der Waals surface area (Å²) >= 11 is 12.0. The van der Waals surface area contributed by atoms with E-state index in [1.54, 1.807) is 25.3 Å². The molecular formula is C16H10Cl2O3. The van der Waals surface area contributed by atoms with E-state index in [0.29, 0.717) is 38.1 Å². The summed E-state index contributed by atoms with van der Waals surface area (Å²) in [7, 11) is 1.56. The van der Waals surface area contributed by atoms with E-state index >= 15 is 0 Å². The van der Waals surface area contributed by atoms with E-state index in [1.807, 2.05) is 18.2 Å². The highest BCUT2D eigenvalue weighted by Gasteiger charge is 2.13. The van der Waals surface area contributed by atoms with Crippen molar-refractivity contribution in [3.8, 4) is 17.1 Å². The molecule has 0 N–H and O–H groups in total. The zero-order valence-electron chi connectivity index (χ0n) is 11.0. The number of fused-ring (bicyclic) bond motifs is 1. The van der Waals surface area contributed by atoms with Crippen LogP contribution in [0.1, 0.15) is 0 Å². The van der Waals surface area contributed by atoms with Gasteiger partial charge in [0, 0.05) is 11.1 Å². The minimum absolute atomic E-state index is 0.207. The Labute approximate surface area is 130 Å². The van der Waals surface area contributed by atoms with E-state index in [4.69, 9.17) is 32.4 Å².